The van der Waals surface area contributed by atoms with Crippen LogP contribution in [0.5, 0.6) is 17.2 Å². The van der Waals surface area contributed by atoms with Crippen LogP contribution in [0.4, 0.5) is 5.69 Å². The summed E-state index contributed by atoms with van der Waals surface area (Å²) in [4.78, 5) is 12.3. The van der Waals surface area contributed by atoms with Crippen LogP contribution in [0, 0.1) is 6.92 Å². The number of amides is 1. The number of phenols is 1. The van der Waals surface area contributed by atoms with Gasteiger partial charge in [-0.15, -0.1) is 0 Å². The number of carbonyl (C=O) groups is 1. The number of hydrogen-bond acceptors (Lipinski definition) is 5. The Labute approximate surface area is 144 Å². The highest BCUT2D eigenvalue weighted by molar-refractivity contribution is 7.80. The lowest BCUT2D eigenvalue weighted by molar-refractivity contribution is 0.0976. The van der Waals surface area contributed by atoms with E-state index in [1.165, 1.54) is 0 Å². The number of carbonyl (C=O) groups excluding carboxylic acids is 1. The van der Waals surface area contributed by atoms with E-state index >= 15 is 0 Å². The van der Waals surface area contributed by atoms with Gasteiger partial charge in [-0.1, -0.05) is 6.07 Å². The number of nitrogens with one attached hydrogen (secondary N) is 2. The number of aryl methyl sites for hydroxylation is 1. The summed E-state index contributed by atoms with van der Waals surface area (Å²) in [5.41, 5.74) is 1.74. The lowest BCUT2D eigenvalue weighted by Crippen LogP contribution is -2.34. The van der Waals surface area contributed by atoms with E-state index in [9.17, 15) is 9.90 Å². The van der Waals surface area contributed by atoms with Crippen LogP contribution in [0.15, 0.2) is 36.4 Å². The Balaban J connectivity index is 1.67. The molecule has 0 aromatic heterocycles. The number of benzene rings is 2. The SMILES string of the molecule is Cc1ccc(NC(=S)NC(=O)c2ccc3c(c2)OCCO3)c(O)c1. The highest BCUT2D eigenvalue weighted by Gasteiger charge is 2.16. The Kier molecular flexibility index (Phi) is 4.52. The van der Waals surface area contributed by atoms with Gasteiger partial charge in [-0.05, 0) is 55.0 Å². The molecule has 6 nitrogen and oxygen atoms in total. The van der Waals surface area contributed by atoms with Gasteiger partial charge in [0.25, 0.3) is 5.91 Å². The largest absolute Gasteiger partial charge is 0.506 e. The van der Waals surface area contributed by atoms with Crippen LogP contribution < -0.4 is 20.1 Å². The van der Waals surface area contributed by atoms with Gasteiger partial charge in [0.15, 0.2) is 16.6 Å². The fourth-order valence-corrected chi connectivity index (χ4v) is 2.46. The van der Waals surface area contributed by atoms with Crippen LogP contribution in [-0.2, 0) is 0 Å². The van der Waals surface area contributed by atoms with Gasteiger partial charge in [0.05, 0.1) is 5.69 Å². The topological polar surface area (TPSA) is 79.8 Å². The number of anilines is 1. The minimum atomic E-state index is -0.379. The molecule has 2 aromatic rings. The molecule has 1 aliphatic heterocycles. The summed E-state index contributed by atoms with van der Waals surface area (Å²) in [6, 6.07) is 10.0. The van der Waals surface area contributed by atoms with Crippen molar-refractivity contribution in [1.82, 2.24) is 5.32 Å². The summed E-state index contributed by atoms with van der Waals surface area (Å²) in [6.45, 7) is 2.81. The molecule has 24 heavy (non-hydrogen) atoms. The molecule has 0 spiro atoms. The Morgan fingerprint density at radius 3 is 2.62 bits per heavy atom. The molecule has 0 atom stereocenters. The van der Waals surface area contributed by atoms with Gasteiger partial charge in [0.1, 0.15) is 19.0 Å². The van der Waals surface area contributed by atoms with E-state index in [4.69, 9.17) is 21.7 Å². The van der Waals surface area contributed by atoms with Crippen molar-refractivity contribution in [2.45, 2.75) is 6.92 Å². The molecule has 0 unspecified atom stereocenters. The zero-order valence-corrected chi connectivity index (χ0v) is 13.8. The van der Waals surface area contributed by atoms with E-state index in [1.54, 1.807) is 30.3 Å². The van der Waals surface area contributed by atoms with Gasteiger partial charge in [0.2, 0.25) is 0 Å². The summed E-state index contributed by atoms with van der Waals surface area (Å²) in [7, 11) is 0. The fraction of sp³-hybridized carbons (Fsp3) is 0.176. The van der Waals surface area contributed by atoms with E-state index in [1.807, 2.05) is 13.0 Å². The Morgan fingerprint density at radius 2 is 1.88 bits per heavy atom. The van der Waals surface area contributed by atoms with Crippen molar-refractivity contribution in [3.05, 3.63) is 47.5 Å². The van der Waals surface area contributed by atoms with E-state index in [2.05, 4.69) is 10.6 Å². The van der Waals surface area contributed by atoms with Crippen molar-refractivity contribution in [2.75, 3.05) is 18.5 Å². The number of aromatic hydroxyl groups is 1. The molecule has 0 fully saturated rings. The normalized spacial score (nSPS) is 12.4. The van der Waals surface area contributed by atoms with Crippen molar-refractivity contribution in [3.8, 4) is 17.2 Å². The second-order valence-electron chi connectivity index (χ2n) is 5.29. The first-order chi connectivity index (χ1) is 11.5. The predicted molar refractivity (Wildman–Crippen MR) is 94.0 cm³/mol. The quantitative estimate of drug-likeness (QED) is 0.574. The lowest BCUT2D eigenvalue weighted by atomic mass is 10.2. The standard InChI is InChI=1S/C17H16N2O4S/c1-10-2-4-12(13(20)8-10)18-17(24)19-16(21)11-3-5-14-15(9-11)23-7-6-22-14/h2-5,8-9,20H,6-7H2,1H3,(H2,18,19,21,24). The molecule has 7 heteroatoms. The summed E-state index contributed by atoms with van der Waals surface area (Å²) in [5.74, 6) is 0.828. The van der Waals surface area contributed by atoms with E-state index in [0.29, 0.717) is 36.0 Å². The molecule has 0 aliphatic carbocycles. The smallest absolute Gasteiger partial charge is 0.257 e. The molecular formula is C17H16N2O4S. The average molecular weight is 344 g/mol. The second-order valence-corrected chi connectivity index (χ2v) is 5.70. The van der Waals surface area contributed by atoms with Gasteiger partial charge < -0.3 is 19.9 Å². The number of thiocarbonyl (C=S) groups is 1. The van der Waals surface area contributed by atoms with Crippen molar-refractivity contribution >= 4 is 28.9 Å². The zero-order chi connectivity index (χ0) is 17.1. The van der Waals surface area contributed by atoms with E-state index in [-0.39, 0.29) is 16.8 Å². The molecule has 0 radical (unpaired) electrons. The number of fused-ring (bicyclic) bond motifs is 1. The molecule has 124 valence electrons. The molecule has 3 rings (SSSR count). The third-order valence-electron chi connectivity index (χ3n) is 3.43. The first-order valence-electron chi connectivity index (χ1n) is 7.34. The summed E-state index contributed by atoms with van der Waals surface area (Å²) in [5, 5.41) is 15.3. The molecule has 2 aromatic carbocycles. The first-order valence-corrected chi connectivity index (χ1v) is 7.75. The number of phenolic OH excluding ortho intramolecular Hbond substituents is 1. The van der Waals surface area contributed by atoms with Gasteiger partial charge in [-0.25, -0.2) is 0 Å². The minimum Gasteiger partial charge on any atom is -0.506 e. The van der Waals surface area contributed by atoms with Gasteiger partial charge >= 0.3 is 0 Å². The van der Waals surface area contributed by atoms with E-state index in [0.717, 1.165) is 5.56 Å². The van der Waals surface area contributed by atoms with Crippen molar-refractivity contribution < 1.29 is 19.4 Å². The summed E-state index contributed by atoms with van der Waals surface area (Å²) in [6.07, 6.45) is 0. The number of ether oxygens (including phenoxy) is 2. The van der Waals surface area contributed by atoms with Crippen LogP contribution in [0.1, 0.15) is 15.9 Å². The van der Waals surface area contributed by atoms with Gasteiger partial charge in [-0.2, -0.15) is 0 Å². The van der Waals surface area contributed by atoms with Crippen LogP contribution in [0.25, 0.3) is 0 Å². The highest BCUT2D eigenvalue weighted by atomic mass is 32.1. The zero-order valence-electron chi connectivity index (χ0n) is 13.0. The number of rotatable bonds is 2. The monoisotopic (exact) mass is 344 g/mol. The molecule has 1 aliphatic rings. The fourth-order valence-electron chi connectivity index (χ4n) is 2.26. The minimum absolute atomic E-state index is 0.0610. The lowest BCUT2D eigenvalue weighted by Gasteiger charge is -2.18. The van der Waals surface area contributed by atoms with Gasteiger partial charge in [-0.3, -0.25) is 10.1 Å². The molecular weight excluding hydrogens is 328 g/mol. The van der Waals surface area contributed by atoms with Crippen molar-refractivity contribution in [2.24, 2.45) is 0 Å². The predicted octanol–water partition coefficient (Wildman–Crippen LogP) is 2.60. The molecule has 1 heterocycles. The van der Waals surface area contributed by atoms with Crippen LogP contribution >= 0.6 is 12.2 Å². The van der Waals surface area contributed by atoms with E-state index < -0.39 is 0 Å². The molecule has 0 bridgehead atoms. The second kappa shape index (κ2) is 6.76. The number of hydrogen-bond donors (Lipinski definition) is 3. The Morgan fingerprint density at radius 1 is 1.12 bits per heavy atom. The maximum absolute atomic E-state index is 12.3. The average Bonchev–Trinajstić information content (AvgIpc) is 2.57. The van der Waals surface area contributed by atoms with Crippen LogP contribution in [0.2, 0.25) is 0 Å². The molecule has 1 amide bonds. The third-order valence-corrected chi connectivity index (χ3v) is 3.64. The maximum Gasteiger partial charge on any atom is 0.257 e. The molecule has 0 saturated carbocycles. The maximum atomic E-state index is 12.3. The molecule has 3 N–H and O–H groups in total. The summed E-state index contributed by atoms with van der Waals surface area (Å²) < 4.78 is 10.9. The Bertz CT molecular complexity index is 807. The van der Waals surface area contributed by atoms with Gasteiger partial charge in [0, 0.05) is 5.56 Å². The highest BCUT2D eigenvalue weighted by Crippen LogP contribution is 2.30. The van der Waals surface area contributed by atoms with Crippen LogP contribution in [0.3, 0.4) is 0 Å². The Hall–Kier alpha value is -2.80. The third kappa shape index (κ3) is 3.57. The first kappa shape index (κ1) is 16.1. The van der Waals surface area contributed by atoms with Crippen LogP contribution in [-0.4, -0.2) is 29.3 Å². The van der Waals surface area contributed by atoms with Crippen molar-refractivity contribution in [1.29, 1.82) is 0 Å². The molecule has 0 saturated heterocycles. The van der Waals surface area contributed by atoms with Crippen molar-refractivity contribution in [3.63, 3.8) is 0 Å². The summed E-state index contributed by atoms with van der Waals surface area (Å²) >= 11 is 5.12.